The number of allylic oxidation sites excluding steroid dienone is 1. The van der Waals surface area contributed by atoms with Crippen LogP contribution in [0.25, 0.3) is 0 Å². The number of hydrogen-bond donors (Lipinski definition) is 1. The van der Waals surface area contributed by atoms with Crippen molar-refractivity contribution in [1.82, 2.24) is 5.32 Å². The predicted molar refractivity (Wildman–Crippen MR) is 59.2 cm³/mol. The lowest BCUT2D eigenvalue weighted by atomic mass is 9.81. The molecule has 14 heavy (non-hydrogen) atoms. The molecule has 0 amide bonds. The van der Waals surface area contributed by atoms with Crippen LogP contribution in [0.2, 0.25) is 0 Å². The van der Waals surface area contributed by atoms with E-state index in [1.165, 1.54) is 44.9 Å². The van der Waals surface area contributed by atoms with E-state index in [2.05, 4.69) is 17.5 Å². The number of nitrogens with one attached hydrogen (secondary N) is 1. The van der Waals surface area contributed by atoms with E-state index < -0.39 is 0 Å². The van der Waals surface area contributed by atoms with Gasteiger partial charge in [0, 0.05) is 12.1 Å². The van der Waals surface area contributed by atoms with Crippen LogP contribution in [0.3, 0.4) is 0 Å². The highest BCUT2D eigenvalue weighted by atomic mass is 15.0. The Morgan fingerprint density at radius 3 is 3.00 bits per heavy atom. The maximum absolute atomic E-state index is 3.82. The molecule has 2 atom stereocenters. The fourth-order valence-electron chi connectivity index (χ4n) is 3.10. The van der Waals surface area contributed by atoms with Crippen LogP contribution in [0.4, 0.5) is 0 Å². The second-order valence-electron chi connectivity index (χ2n) is 4.87. The third-order valence-electron chi connectivity index (χ3n) is 3.89. The lowest BCUT2D eigenvalue weighted by Crippen LogP contribution is -2.45. The SMILES string of the molecule is C1=C2C=C3CCCCC3NC2CCC1. The van der Waals surface area contributed by atoms with Gasteiger partial charge < -0.3 is 5.32 Å². The molecule has 0 aromatic rings. The van der Waals surface area contributed by atoms with Crippen molar-refractivity contribution >= 4 is 0 Å². The number of rotatable bonds is 0. The molecule has 1 heterocycles. The molecule has 2 aliphatic carbocycles. The van der Waals surface area contributed by atoms with Gasteiger partial charge in [0.05, 0.1) is 0 Å². The molecule has 3 aliphatic rings. The van der Waals surface area contributed by atoms with Crippen molar-refractivity contribution in [3.05, 3.63) is 23.3 Å². The molecule has 1 N–H and O–H groups in total. The Morgan fingerprint density at radius 2 is 2.00 bits per heavy atom. The van der Waals surface area contributed by atoms with Gasteiger partial charge in [-0.15, -0.1) is 0 Å². The molecule has 1 heteroatoms. The quantitative estimate of drug-likeness (QED) is 0.618. The van der Waals surface area contributed by atoms with E-state index >= 15 is 0 Å². The maximum Gasteiger partial charge on any atom is 0.0322 e. The van der Waals surface area contributed by atoms with Crippen LogP contribution in [-0.2, 0) is 0 Å². The van der Waals surface area contributed by atoms with E-state index in [1.54, 1.807) is 11.1 Å². The molecule has 76 valence electrons. The zero-order valence-electron chi connectivity index (χ0n) is 8.76. The molecule has 0 radical (unpaired) electrons. The molecular weight excluding hydrogens is 170 g/mol. The first-order valence-electron chi connectivity index (χ1n) is 6.10. The molecule has 0 spiro atoms. The second-order valence-corrected chi connectivity index (χ2v) is 4.87. The average molecular weight is 189 g/mol. The molecule has 1 nitrogen and oxygen atoms in total. The van der Waals surface area contributed by atoms with Crippen molar-refractivity contribution in [2.75, 3.05) is 0 Å². The number of fused-ring (bicyclic) bond motifs is 2. The maximum atomic E-state index is 3.82. The largest absolute Gasteiger partial charge is 0.303 e. The lowest BCUT2D eigenvalue weighted by Gasteiger charge is -2.37. The Kier molecular flexibility index (Phi) is 2.21. The Morgan fingerprint density at radius 1 is 1.07 bits per heavy atom. The van der Waals surface area contributed by atoms with Gasteiger partial charge in [0.15, 0.2) is 0 Å². The molecule has 3 rings (SSSR count). The molecule has 0 saturated heterocycles. The smallest absolute Gasteiger partial charge is 0.0322 e. The summed E-state index contributed by atoms with van der Waals surface area (Å²) in [7, 11) is 0. The van der Waals surface area contributed by atoms with Gasteiger partial charge in [-0.1, -0.05) is 24.1 Å². The summed E-state index contributed by atoms with van der Waals surface area (Å²) in [6.07, 6.45) is 14.5. The predicted octanol–water partition coefficient (Wildman–Crippen LogP) is 2.94. The third kappa shape index (κ3) is 1.44. The molecule has 1 saturated carbocycles. The summed E-state index contributed by atoms with van der Waals surface area (Å²) >= 11 is 0. The fraction of sp³-hybridized carbons (Fsp3) is 0.692. The minimum Gasteiger partial charge on any atom is -0.303 e. The minimum absolute atomic E-state index is 0.690. The molecule has 0 aromatic heterocycles. The monoisotopic (exact) mass is 189 g/mol. The van der Waals surface area contributed by atoms with Gasteiger partial charge in [0.25, 0.3) is 0 Å². The highest BCUT2D eigenvalue weighted by Crippen LogP contribution is 2.32. The van der Waals surface area contributed by atoms with E-state index in [0.29, 0.717) is 6.04 Å². The van der Waals surface area contributed by atoms with Gasteiger partial charge in [-0.3, -0.25) is 0 Å². The topological polar surface area (TPSA) is 12.0 Å². The standard InChI is InChI=1S/C13H19N/c1-3-7-12-10(5-1)9-11-6-2-4-8-13(11)14-12/h5,9,12-14H,1-4,6-8H2. The zero-order valence-corrected chi connectivity index (χ0v) is 8.76. The van der Waals surface area contributed by atoms with Gasteiger partial charge in [-0.05, 0) is 44.1 Å². The van der Waals surface area contributed by atoms with Crippen molar-refractivity contribution < 1.29 is 0 Å². The summed E-state index contributed by atoms with van der Waals surface area (Å²) in [5.41, 5.74) is 3.27. The number of hydrogen-bond acceptors (Lipinski definition) is 1. The van der Waals surface area contributed by atoms with E-state index in [9.17, 15) is 0 Å². The van der Waals surface area contributed by atoms with E-state index in [-0.39, 0.29) is 0 Å². The summed E-state index contributed by atoms with van der Waals surface area (Å²) in [6.45, 7) is 0. The van der Waals surface area contributed by atoms with Crippen LogP contribution < -0.4 is 5.32 Å². The summed E-state index contributed by atoms with van der Waals surface area (Å²) in [5, 5.41) is 3.82. The minimum atomic E-state index is 0.690. The second kappa shape index (κ2) is 3.54. The Bertz CT molecular complexity index is 288. The molecular formula is C13H19N. The van der Waals surface area contributed by atoms with Crippen LogP contribution in [0.15, 0.2) is 23.3 Å². The fourth-order valence-corrected chi connectivity index (χ4v) is 3.10. The van der Waals surface area contributed by atoms with Crippen LogP contribution in [-0.4, -0.2) is 12.1 Å². The molecule has 1 fully saturated rings. The summed E-state index contributed by atoms with van der Waals surface area (Å²) in [6, 6.07) is 1.42. The van der Waals surface area contributed by atoms with Crippen molar-refractivity contribution in [3.8, 4) is 0 Å². The first-order chi connectivity index (χ1) is 6.93. The normalized spacial score (nSPS) is 36.6. The van der Waals surface area contributed by atoms with Crippen molar-refractivity contribution in [1.29, 1.82) is 0 Å². The van der Waals surface area contributed by atoms with Crippen LogP contribution in [0, 0.1) is 0 Å². The van der Waals surface area contributed by atoms with E-state index in [1.807, 2.05) is 0 Å². The highest BCUT2D eigenvalue weighted by Gasteiger charge is 2.28. The van der Waals surface area contributed by atoms with Crippen LogP contribution in [0.1, 0.15) is 44.9 Å². The molecule has 0 bridgehead atoms. The molecule has 2 unspecified atom stereocenters. The van der Waals surface area contributed by atoms with Crippen LogP contribution in [0.5, 0.6) is 0 Å². The Hall–Kier alpha value is -0.560. The van der Waals surface area contributed by atoms with Crippen molar-refractivity contribution in [2.24, 2.45) is 0 Å². The van der Waals surface area contributed by atoms with Gasteiger partial charge in [-0.2, -0.15) is 0 Å². The Balaban J connectivity index is 1.89. The third-order valence-corrected chi connectivity index (χ3v) is 3.89. The van der Waals surface area contributed by atoms with Crippen molar-refractivity contribution in [3.63, 3.8) is 0 Å². The first kappa shape index (κ1) is 8.72. The summed E-state index contributed by atoms with van der Waals surface area (Å²) in [4.78, 5) is 0. The zero-order chi connectivity index (χ0) is 9.38. The van der Waals surface area contributed by atoms with Gasteiger partial charge >= 0.3 is 0 Å². The van der Waals surface area contributed by atoms with Gasteiger partial charge in [0.1, 0.15) is 0 Å². The Labute approximate surface area is 86.3 Å². The summed E-state index contributed by atoms with van der Waals surface area (Å²) < 4.78 is 0. The molecule has 0 aromatic carbocycles. The van der Waals surface area contributed by atoms with Gasteiger partial charge in [-0.25, -0.2) is 0 Å². The van der Waals surface area contributed by atoms with Crippen LogP contribution >= 0.6 is 0 Å². The highest BCUT2D eigenvalue weighted by molar-refractivity contribution is 5.36. The van der Waals surface area contributed by atoms with Gasteiger partial charge in [0.2, 0.25) is 0 Å². The summed E-state index contributed by atoms with van der Waals surface area (Å²) in [5.74, 6) is 0. The van der Waals surface area contributed by atoms with E-state index in [0.717, 1.165) is 6.04 Å². The first-order valence-corrected chi connectivity index (χ1v) is 6.10. The average Bonchev–Trinajstić information content (AvgIpc) is 2.26. The lowest BCUT2D eigenvalue weighted by molar-refractivity contribution is 0.386. The van der Waals surface area contributed by atoms with E-state index in [4.69, 9.17) is 0 Å². The molecule has 1 aliphatic heterocycles. The van der Waals surface area contributed by atoms with Crippen molar-refractivity contribution in [2.45, 2.75) is 57.0 Å².